The summed E-state index contributed by atoms with van der Waals surface area (Å²) >= 11 is 1.70. The Labute approximate surface area is 227 Å². The van der Waals surface area contributed by atoms with Crippen molar-refractivity contribution < 1.29 is 13.2 Å². The fraction of sp³-hybridized carbons (Fsp3) is 0.310. The maximum atomic E-state index is 13.4. The molecular formula is C29H30N4O3S2. The van der Waals surface area contributed by atoms with Crippen LogP contribution in [0.1, 0.15) is 34.8 Å². The van der Waals surface area contributed by atoms with E-state index in [-0.39, 0.29) is 10.8 Å². The molecule has 1 amide bonds. The molecule has 0 atom stereocenters. The normalized spacial score (nSPS) is 16.1. The molecule has 3 heterocycles. The van der Waals surface area contributed by atoms with Crippen molar-refractivity contribution >= 4 is 48.3 Å². The molecule has 0 bridgehead atoms. The molecule has 196 valence electrons. The van der Waals surface area contributed by atoms with Crippen LogP contribution in [0.2, 0.25) is 0 Å². The van der Waals surface area contributed by atoms with Crippen molar-refractivity contribution in [2.24, 2.45) is 0 Å². The number of anilines is 2. The first-order valence-corrected chi connectivity index (χ1v) is 15.3. The van der Waals surface area contributed by atoms with Gasteiger partial charge in [-0.2, -0.15) is 0 Å². The maximum Gasteiger partial charge on any atom is 0.264 e. The maximum absolute atomic E-state index is 13.4. The monoisotopic (exact) mass is 546 g/mol. The molecule has 2 aliphatic heterocycles. The highest BCUT2D eigenvalue weighted by Crippen LogP contribution is 2.32. The van der Waals surface area contributed by atoms with Crippen molar-refractivity contribution in [2.45, 2.75) is 31.1 Å². The van der Waals surface area contributed by atoms with Gasteiger partial charge in [0.2, 0.25) is 0 Å². The zero-order chi connectivity index (χ0) is 26.3. The SMILES string of the molecule is CCc1ccc2nc(N3CCN(C(=O)c4ccc(S(=O)(=O)N5CCCc6ccccc65)cc4)CC3)sc2c1. The molecule has 0 radical (unpaired) electrons. The number of piperazine rings is 1. The highest BCUT2D eigenvalue weighted by Gasteiger charge is 2.29. The molecular weight excluding hydrogens is 516 g/mol. The number of nitrogens with zero attached hydrogens (tertiary/aromatic N) is 4. The number of fused-ring (bicyclic) bond motifs is 2. The fourth-order valence-corrected chi connectivity index (χ4v) is 7.86. The Kier molecular flexibility index (Phi) is 6.57. The molecule has 3 aromatic carbocycles. The molecule has 0 unspecified atom stereocenters. The van der Waals surface area contributed by atoms with E-state index >= 15 is 0 Å². The Bertz CT molecular complexity index is 1590. The number of aryl methyl sites for hydroxylation is 2. The lowest BCUT2D eigenvalue weighted by molar-refractivity contribution is 0.0746. The summed E-state index contributed by atoms with van der Waals surface area (Å²) < 4.78 is 29.5. The van der Waals surface area contributed by atoms with Crippen LogP contribution in [0.3, 0.4) is 0 Å². The van der Waals surface area contributed by atoms with Crippen molar-refractivity contribution in [3.8, 4) is 0 Å². The number of hydrogen-bond donors (Lipinski definition) is 0. The Balaban J connectivity index is 1.13. The van der Waals surface area contributed by atoms with Gasteiger partial charge >= 0.3 is 0 Å². The number of aromatic nitrogens is 1. The third-order valence-corrected chi connectivity index (χ3v) is 10.4. The van der Waals surface area contributed by atoms with Gasteiger partial charge in [0.05, 0.1) is 20.8 Å². The van der Waals surface area contributed by atoms with E-state index in [0.717, 1.165) is 41.2 Å². The van der Waals surface area contributed by atoms with Gasteiger partial charge in [-0.1, -0.05) is 42.5 Å². The Morgan fingerprint density at radius 1 is 0.947 bits per heavy atom. The Hall–Kier alpha value is -3.43. The summed E-state index contributed by atoms with van der Waals surface area (Å²) in [5.74, 6) is -0.0752. The number of carbonyl (C=O) groups excluding carboxylic acids is 1. The second-order valence-corrected chi connectivity index (χ2v) is 12.6. The van der Waals surface area contributed by atoms with E-state index in [4.69, 9.17) is 4.98 Å². The first kappa shape index (κ1) is 24.9. The van der Waals surface area contributed by atoms with Crippen LogP contribution in [0.4, 0.5) is 10.8 Å². The van der Waals surface area contributed by atoms with Crippen LogP contribution < -0.4 is 9.21 Å². The average molecular weight is 547 g/mol. The molecule has 0 aliphatic carbocycles. The van der Waals surface area contributed by atoms with Crippen LogP contribution >= 0.6 is 11.3 Å². The van der Waals surface area contributed by atoms with Gasteiger partial charge in [0.15, 0.2) is 5.13 Å². The van der Waals surface area contributed by atoms with Gasteiger partial charge in [-0.05, 0) is 72.9 Å². The quantitative estimate of drug-likeness (QED) is 0.354. The van der Waals surface area contributed by atoms with E-state index in [2.05, 4.69) is 30.0 Å². The summed E-state index contributed by atoms with van der Waals surface area (Å²) in [5, 5.41) is 0.995. The van der Waals surface area contributed by atoms with Crippen LogP contribution in [0.25, 0.3) is 10.2 Å². The number of benzene rings is 3. The van der Waals surface area contributed by atoms with Crippen molar-refractivity contribution in [3.05, 3.63) is 83.4 Å². The summed E-state index contributed by atoms with van der Waals surface area (Å²) in [6, 6.07) is 20.5. The largest absolute Gasteiger partial charge is 0.345 e. The first-order chi connectivity index (χ1) is 18.4. The van der Waals surface area contributed by atoms with E-state index in [1.165, 1.54) is 14.6 Å². The van der Waals surface area contributed by atoms with Crippen LogP contribution in [0.15, 0.2) is 71.6 Å². The van der Waals surface area contributed by atoms with Crippen molar-refractivity contribution in [2.75, 3.05) is 41.9 Å². The first-order valence-electron chi connectivity index (χ1n) is 13.1. The Morgan fingerprint density at radius 3 is 2.47 bits per heavy atom. The molecule has 1 aromatic heterocycles. The summed E-state index contributed by atoms with van der Waals surface area (Å²) in [5.41, 5.74) is 4.62. The lowest BCUT2D eigenvalue weighted by Crippen LogP contribution is -2.48. The highest BCUT2D eigenvalue weighted by molar-refractivity contribution is 7.92. The van der Waals surface area contributed by atoms with Gasteiger partial charge in [-0.15, -0.1) is 0 Å². The number of amides is 1. The third kappa shape index (κ3) is 4.54. The molecule has 0 N–H and O–H groups in total. The van der Waals surface area contributed by atoms with E-state index in [9.17, 15) is 13.2 Å². The van der Waals surface area contributed by atoms with Gasteiger partial charge in [0, 0.05) is 38.3 Å². The van der Waals surface area contributed by atoms with Crippen LogP contribution in [0, 0.1) is 0 Å². The second-order valence-electron chi connectivity index (χ2n) is 9.77. The zero-order valence-electron chi connectivity index (χ0n) is 21.3. The van der Waals surface area contributed by atoms with E-state index in [0.29, 0.717) is 38.3 Å². The van der Waals surface area contributed by atoms with Gasteiger partial charge < -0.3 is 9.80 Å². The molecule has 2 aliphatic rings. The third-order valence-electron chi connectivity index (χ3n) is 7.44. The van der Waals surface area contributed by atoms with Gasteiger partial charge in [0.25, 0.3) is 15.9 Å². The summed E-state index contributed by atoms with van der Waals surface area (Å²) in [6.07, 6.45) is 2.67. The van der Waals surface area contributed by atoms with E-state index < -0.39 is 10.0 Å². The predicted molar refractivity (Wildman–Crippen MR) is 153 cm³/mol. The van der Waals surface area contributed by atoms with Crippen molar-refractivity contribution in [3.63, 3.8) is 0 Å². The molecule has 6 rings (SSSR count). The number of thiazole rings is 1. The smallest absolute Gasteiger partial charge is 0.264 e. The molecule has 0 saturated carbocycles. The molecule has 0 spiro atoms. The molecule has 9 heteroatoms. The minimum atomic E-state index is -3.70. The Morgan fingerprint density at radius 2 is 1.71 bits per heavy atom. The fourth-order valence-electron chi connectivity index (χ4n) is 5.24. The van der Waals surface area contributed by atoms with Gasteiger partial charge in [-0.25, -0.2) is 13.4 Å². The average Bonchev–Trinajstić information content (AvgIpc) is 3.40. The van der Waals surface area contributed by atoms with Crippen LogP contribution in [0.5, 0.6) is 0 Å². The summed E-state index contributed by atoms with van der Waals surface area (Å²) in [6.45, 7) is 5.23. The lowest BCUT2D eigenvalue weighted by atomic mass is 10.0. The van der Waals surface area contributed by atoms with Crippen molar-refractivity contribution in [1.82, 2.24) is 9.88 Å². The number of para-hydroxylation sites is 1. The number of hydrogen-bond acceptors (Lipinski definition) is 6. The number of sulfonamides is 1. The second kappa shape index (κ2) is 10.0. The number of rotatable bonds is 5. The molecule has 38 heavy (non-hydrogen) atoms. The topological polar surface area (TPSA) is 73.8 Å². The standard InChI is InChI=1S/C29H30N4O3S2/c1-2-21-9-14-25-27(20-21)37-29(30-25)32-18-16-31(17-19-32)28(34)23-10-12-24(13-11-23)38(35,36)33-15-5-7-22-6-3-4-8-26(22)33/h3-4,6,8-14,20H,2,5,7,15-19H2,1H3. The van der Waals surface area contributed by atoms with E-state index in [1.54, 1.807) is 35.6 Å². The molecule has 7 nitrogen and oxygen atoms in total. The molecule has 1 fully saturated rings. The highest BCUT2D eigenvalue weighted by atomic mass is 32.2. The van der Waals surface area contributed by atoms with Gasteiger partial charge in [-0.3, -0.25) is 9.10 Å². The molecule has 1 saturated heterocycles. The lowest BCUT2D eigenvalue weighted by Gasteiger charge is -2.34. The van der Waals surface area contributed by atoms with Crippen LogP contribution in [-0.4, -0.2) is 56.9 Å². The predicted octanol–water partition coefficient (Wildman–Crippen LogP) is 4.96. The summed E-state index contributed by atoms with van der Waals surface area (Å²) in [7, 11) is -3.70. The summed E-state index contributed by atoms with van der Waals surface area (Å²) in [4.78, 5) is 22.3. The van der Waals surface area contributed by atoms with Crippen molar-refractivity contribution in [1.29, 1.82) is 0 Å². The number of carbonyl (C=O) groups is 1. The van der Waals surface area contributed by atoms with E-state index in [1.807, 2.05) is 29.2 Å². The van der Waals surface area contributed by atoms with Crippen LogP contribution in [-0.2, 0) is 22.9 Å². The molecule has 4 aromatic rings. The minimum absolute atomic E-state index is 0.0752. The minimum Gasteiger partial charge on any atom is -0.345 e. The van der Waals surface area contributed by atoms with Gasteiger partial charge in [0.1, 0.15) is 0 Å². The zero-order valence-corrected chi connectivity index (χ0v) is 23.0.